The molecular weight excluding hydrogens is 270 g/mol. The van der Waals surface area contributed by atoms with Crippen LogP contribution in [0, 0.1) is 5.92 Å². The summed E-state index contributed by atoms with van der Waals surface area (Å²) < 4.78 is 0. The second kappa shape index (κ2) is 7.11. The fourth-order valence-electron chi connectivity index (χ4n) is 3.26. The van der Waals surface area contributed by atoms with Crippen molar-refractivity contribution in [3.8, 4) is 0 Å². The number of nitrogens with zero attached hydrogens (tertiary/aromatic N) is 2. The van der Waals surface area contributed by atoms with Crippen molar-refractivity contribution in [2.75, 3.05) is 26.2 Å². The summed E-state index contributed by atoms with van der Waals surface area (Å²) in [5.41, 5.74) is 0. The van der Waals surface area contributed by atoms with Crippen molar-refractivity contribution in [2.45, 2.75) is 51.6 Å². The number of carboxylic acid groups (broad SMARTS) is 1. The first-order valence-corrected chi connectivity index (χ1v) is 7.99. The van der Waals surface area contributed by atoms with Gasteiger partial charge in [0.1, 0.15) is 6.04 Å². The Morgan fingerprint density at radius 1 is 1.24 bits per heavy atom. The molecule has 6 nitrogen and oxygen atoms in total. The van der Waals surface area contributed by atoms with Crippen LogP contribution >= 0.6 is 0 Å². The lowest BCUT2D eigenvalue weighted by atomic mass is 10.0. The molecule has 1 unspecified atom stereocenters. The van der Waals surface area contributed by atoms with Crippen LogP contribution in [0.4, 0.5) is 4.79 Å². The van der Waals surface area contributed by atoms with Crippen LogP contribution in [-0.4, -0.2) is 65.2 Å². The topological polar surface area (TPSA) is 72.9 Å². The van der Waals surface area contributed by atoms with Gasteiger partial charge in [-0.2, -0.15) is 0 Å². The molecule has 2 N–H and O–H groups in total. The summed E-state index contributed by atoms with van der Waals surface area (Å²) in [7, 11) is 0. The molecule has 120 valence electrons. The standard InChI is InChI=1S/C15H27N3O3/c1-11(2)9-13(14(19)20)16-15(21)18-8-5-12(10-18)17-6-3-4-7-17/h11-13H,3-10H2,1-2H3,(H,16,21)(H,19,20)/t12?,13-/m0/s1. The number of hydrogen-bond donors (Lipinski definition) is 2. The molecular formula is C15H27N3O3. The fourth-order valence-corrected chi connectivity index (χ4v) is 3.26. The quantitative estimate of drug-likeness (QED) is 0.804. The minimum atomic E-state index is -0.952. The zero-order valence-corrected chi connectivity index (χ0v) is 13.0. The van der Waals surface area contributed by atoms with Gasteiger partial charge >= 0.3 is 12.0 Å². The first kappa shape index (κ1) is 16.1. The van der Waals surface area contributed by atoms with Crippen LogP contribution < -0.4 is 5.32 Å². The van der Waals surface area contributed by atoms with E-state index in [2.05, 4.69) is 10.2 Å². The Hall–Kier alpha value is -1.30. The van der Waals surface area contributed by atoms with Crippen LogP contribution in [-0.2, 0) is 4.79 Å². The number of carbonyl (C=O) groups is 2. The van der Waals surface area contributed by atoms with E-state index in [1.54, 1.807) is 4.90 Å². The second-order valence-corrected chi connectivity index (χ2v) is 6.60. The molecule has 0 radical (unpaired) electrons. The molecule has 0 aliphatic carbocycles. The Kier molecular flexibility index (Phi) is 5.45. The van der Waals surface area contributed by atoms with Crippen LogP contribution in [0.15, 0.2) is 0 Å². The predicted octanol–water partition coefficient (Wildman–Crippen LogP) is 1.37. The first-order chi connectivity index (χ1) is 9.97. The highest BCUT2D eigenvalue weighted by atomic mass is 16.4. The maximum absolute atomic E-state index is 12.2. The van der Waals surface area contributed by atoms with Crippen molar-refractivity contribution in [1.29, 1.82) is 0 Å². The van der Waals surface area contributed by atoms with E-state index in [9.17, 15) is 14.7 Å². The van der Waals surface area contributed by atoms with E-state index in [0.717, 1.165) is 32.6 Å². The van der Waals surface area contributed by atoms with Crippen LogP contribution in [0.25, 0.3) is 0 Å². The van der Waals surface area contributed by atoms with E-state index in [0.29, 0.717) is 12.5 Å². The third-order valence-corrected chi connectivity index (χ3v) is 4.41. The number of amides is 2. The van der Waals surface area contributed by atoms with E-state index in [4.69, 9.17) is 0 Å². The highest BCUT2D eigenvalue weighted by Crippen LogP contribution is 2.20. The zero-order valence-electron chi connectivity index (χ0n) is 13.0. The lowest BCUT2D eigenvalue weighted by Crippen LogP contribution is -2.48. The SMILES string of the molecule is CC(C)C[C@H](NC(=O)N1CCC(N2CCCC2)C1)C(=O)O. The number of aliphatic carboxylic acids is 1. The minimum absolute atomic E-state index is 0.232. The van der Waals surface area contributed by atoms with Crippen LogP contribution in [0.3, 0.4) is 0 Å². The molecule has 2 amide bonds. The Morgan fingerprint density at radius 3 is 2.48 bits per heavy atom. The Bertz CT molecular complexity index is 380. The number of rotatable bonds is 5. The number of nitrogens with one attached hydrogen (secondary N) is 1. The lowest BCUT2D eigenvalue weighted by Gasteiger charge is -2.25. The van der Waals surface area contributed by atoms with Gasteiger partial charge in [-0.25, -0.2) is 9.59 Å². The van der Waals surface area contributed by atoms with E-state index in [-0.39, 0.29) is 11.9 Å². The Morgan fingerprint density at radius 2 is 1.90 bits per heavy atom. The van der Waals surface area contributed by atoms with E-state index in [1.807, 2.05) is 13.8 Å². The molecule has 0 aromatic carbocycles. The summed E-state index contributed by atoms with van der Waals surface area (Å²) >= 11 is 0. The summed E-state index contributed by atoms with van der Waals surface area (Å²) in [6.07, 6.45) is 3.95. The van der Waals surface area contributed by atoms with Crippen molar-refractivity contribution in [1.82, 2.24) is 15.1 Å². The predicted molar refractivity (Wildman–Crippen MR) is 80.2 cm³/mol. The molecule has 2 atom stereocenters. The highest BCUT2D eigenvalue weighted by Gasteiger charge is 2.33. The summed E-state index contributed by atoms with van der Waals surface area (Å²) in [4.78, 5) is 27.7. The summed E-state index contributed by atoms with van der Waals surface area (Å²) in [6, 6.07) is -0.570. The van der Waals surface area contributed by atoms with Crippen LogP contribution in [0.1, 0.15) is 39.5 Å². The molecule has 0 aromatic rings. The number of carbonyl (C=O) groups excluding carboxylic acids is 1. The van der Waals surface area contributed by atoms with Gasteiger partial charge in [-0.3, -0.25) is 4.90 Å². The number of urea groups is 1. The van der Waals surface area contributed by atoms with Crippen molar-refractivity contribution < 1.29 is 14.7 Å². The van der Waals surface area contributed by atoms with Gasteiger partial charge in [0.15, 0.2) is 0 Å². The van der Waals surface area contributed by atoms with E-state index in [1.165, 1.54) is 12.8 Å². The van der Waals surface area contributed by atoms with Gasteiger partial charge in [0.2, 0.25) is 0 Å². The molecule has 2 saturated heterocycles. The summed E-state index contributed by atoms with van der Waals surface area (Å²) in [6.45, 7) is 7.63. The molecule has 2 aliphatic heterocycles. The van der Waals surface area contributed by atoms with Crippen LogP contribution in [0.5, 0.6) is 0 Å². The van der Waals surface area contributed by atoms with Gasteiger partial charge in [-0.15, -0.1) is 0 Å². The Labute approximate surface area is 126 Å². The van der Waals surface area contributed by atoms with Crippen molar-refractivity contribution in [3.63, 3.8) is 0 Å². The van der Waals surface area contributed by atoms with Gasteiger partial charge in [-0.05, 0) is 44.7 Å². The van der Waals surface area contributed by atoms with Crippen molar-refractivity contribution >= 4 is 12.0 Å². The molecule has 21 heavy (non-hydrogen) atoms. The molecule has 0 saturated carbocycles. The monoisotopic (exact) mass is 297 g/mol. The van der Waals surface area contributed by atoms with Gasteiger partial charge < -0.3 is 15.3 Å². The summed E-state index contributed by atoms with van der Waals surface area (Å²) in [5.74, 6) is -0.713. The van der Waals surface area contributed by atoms with E-state index < -0.39 is 12.0 Å². The lowest BCUT2D eigenvalue weighted by molar-refractivity contribution is -0.139. The van der Waals surface area contributed by atoms with E-state index >= 15 is 0 Å². The molecule has 0 spiro atoms. The fraction of sp³-hybridized carbons (Fsp3) is 0.867. The highest BCUT2D eigenvalue weighted by molar-refractivity contribution is 5.82. The third kappa shape index (κ3) is 4.33. The van der Waals surface area contributed by atoms with Gasteiger partial charge in [-0.1, -0.05) is 13.8 Å². The maximum Gasteiger partial charge on any atom is 0.326 e. The molecule has 2 fully saturated rings. The molecule has 2 heterocycles. The average Bonchev–Trinajstić information content (AvgIpc) is 3.08. The molecule has 0 bridgehead atoms. The van der Waals surface area contributed by atoms with Gasteiger partial charge in [0.05, 0.1) is 0 Å². The number of carboxylic acids is 1. The van der Waals surface area contributed by atoms with Gasteiger partial charge in [0.25, 0.3) is 0 Å². The third-order valence-electron chi connectivity index (χ3n) is 4.41. The Balaban J connectivity index is 1.84. The average molecular weight is 297 g/mol. The molecule has 6 heteroatoms. The van der Waals surface area contributed by atoms with Crippen molar-refractivity contribution in [2.24, 2.45) is 5.92 Å². The minimum Gasteiger partial charge on any atom is -0.480 e. The van der Waals surface area contributed by atoms with Crippen molar-refractivity contribution in [3.05, 3.63) is 0 Å². The molecule has 2 rings (SSSR count). The summed E-state index contributed by atoms with van der Waals surface area (Å²) in [5, 5.41) is 11.9. The normalized spacial score (nSPS) is 24.5. The number of likely N-dealkylation sites (tertiary alicyclic amines) is 2. The maximum atomic E-state index is 12.2. The second-order valence-electron chi connectivity index (χ2n) is 6.60. The number of hydrogen-bond acceptors (Lipinski definition) is 3. The largest absolute Gasteiger partial charge is 0.480 e. The van der Waals surface area contributed by atoms with Crippen LogP contribution in [0.2, 0.25) is 0 Å². The zero-order chi connectivity index (χ0) is 15.4. The first-order valence-electron chi connectivity index (χ1n) is 7.99. The molecule has 2 aliphatic rings. The molecule has 0 aromatic heterocycles. The smallest absolute Gasteiger partial charge is 0.326 e. The van der Waals surface area contributed by atoms with Gasteiger partial charge in [0, 0.05) is 19.1 Å².